The van der Waals surface area contributed by atoms with Crippen LogP contribution in [0.5, 0.6) is 0 Å². The number of benzene rings is 2. The normalized spacial score (nSPS) is 11.5. The molecule has 0 unspecified atom stereocenters. The van der Waals surface area contributed by atoms with Gasteiger partial charge in [0.25, 0.3) is 10.0 Å². The van der Waals surface area contributed by atoms with E-state index in [4.69, 9.17) is 27.9 Å². The molecule has 0 bridgehead atoms. The summed E-state index contributed by atoms with van der Waals surface area (Å²) in [6.45, 7) is 6.64. The predicted octanol–water partition coefficient (Wildman–Crippen LogP) is 4.76. The Bertz CT molecular complexity index is 958. The summed E-state index contributed by atoms with van der Waals surface area (Å²) in [6.07, 6.45) is -0.355. The standard InChI is InChI=1S/C19H21Cl2NO4S/c1-12(2)26-19(23)11-22(18-8-5-13(3)9-14(18)4)27(24,25)15-6-7-16(20)17(21)10-15/h5-10,12H,11H2,1-4H3. The number of rotatable bonds is 6. The SMILES string of the molecule is Cc1ccc(N(CC(=O)OC(C)C)S(=O)(=O)c2ccc(Cl)c(Cl)c2)c(C)c1. The Morgan fingerprint density at radius 1 is 1.07 bits per heavy atom. The second-order valence-electron chi connectivity index (χ2n) is 6.42. The van der Waals surface area contributed by atoms with Gasteiger partial charge < -0.3 is 4.74 Å². The van der Waals surface area contributed by atoms with Crippen LogP contribution in [0.4, 0.5) is 5.69 Å². The third-order valence-corrected chi connectivity index (χ3v) is 6.23. The van der Waals surface area contributed by atoms with E-state index in [1.54, 1.807) is 32.9 Å². The summed E-state index contributed by atoms with van der Waals surface area (Å²) in [5, 5.41) is 0.357. The van der Waals surface area contributed by atoms with E-state index in [1.165, 1.54) is 18.2 Å². The zero-order valence-corrected chi connectivity index (χ0v) is 17.8. The van der Waals surface area contributed by atoms with Crippen molar-refractivity contribution < 1.29 is 17.9 Å². The number of sulfonamides is 1. The Labute approximate surface area is 169 Å². The van der Waals surface area contributed by atoms with Crippen molar-refractivity contribution in [1.29, 1.82) is 0 Å². The number of anilines is 1. The molecule has 0 amide bonds. The van der Waals surface area contributed by atoms with Crippen LogP contribution in [0, 0.1) is 13.8 Å². The molecule has 2 aromatic rings. The van der Waals surface area contributed by atoms with E-state index in [0.717, 1.165) is 15.4 Å². The molecule has 0 aliphatic heterocycles. The molecule has 0 heterocycles. The van der Waals surface area contributed by atoms with Gasteiger partial charge in [0.05, 0.1) is 26.7 Å². The van der Waals surface area contributed by atoms with Gasteiger partial charge in [-0.05, 0) is 57.5 Å². The Kier molecular flexibility index (Phi) is 6.78. The molecule has 5 nitrogen and oxygen atoms in total. The molecule has 0 aromatic heterocycles. The number of halogens is 2. The summed E-state index contributed by atoms with van der Waals surface area (Å²) in [5.41, 5.74) is 2.09. The molecule has 8 heteroatoms. The van der Waals surface area contributed by atoms with Crippen molar-refractivity contribution >= 4 is 44.9 Å². The first-order valence-corrected chi connectivity index (χ1v) is 10.5. The minimum Gasteiger partial charge on any atom is -0.462 e. The Morgan fingerprint density at radius 3 is 2.30 bits per heavy atom. The molecular formula is C19H21Cl2NO4S. The molecule has 27 heavy (non-hydrogen) atoms. The van der Waals surface area contributed by atoms with E-state index >= 15 is 0 Å². The summed E-state index contributed by atoms with van der Waals surface area (Å²) in [7, 11) is -4.07. The number of hydrogen-bond acceptors (Lipinski definition) is 4. The molecule has 0 spiro atoms. The van der Waals surface area contributed by atoms with Gasteiger partial charge in [-0.1, -0.05) is 40.9 Å². The largest absolute Gasteiger partial charge is 0.462 e. The molecule has 0 fully saturated rings. The monoisotopic (exact) mass is 429 g/mol. The molecule has 2 aromatic carbocycles. The minimum atomic E-state index is -4.07. The summed E-state index contributed by atoms with van der Waals surface area (Å²) in [4.78, 5) is 12.2. The Hall–Kier alpha value is -1.76. The molecular weight excluding hydrogens is 409 g/mol. The number of ether oxygens (including phenoxy) is 1. The summed E-state index contributed by atoms with van der Waals surface area (Å²) in [5.74, 6) is -0.645. The van der Waals surface area contributed by atoms with Crippen molar-refractivity contribution in [2.75, 3.05) is 10.8 Å². The molecule has 146 valence electrons. The van der Waals surface area contributed by atoms with E-state index in [1.807, 2.05) is 13.0 Å². The quantitative estimate of drug-likeness (QED) is 0.620. The van der Waals surface area contributed by atoms with Crippen LogP contribution < -0.4 is 4.31 Å². The van der Waals surface area contributed by atoms with Crippen LogP contribution in [0.1, 0.15) is 25.0 Å². The van der Waals surface area contributed by atoms with Crippen molar-refractivity contribution in [1.82, 2.24) is 0 Å². The number of nitrogens with zero attached hydrogens (tertiary/aromatic N) is 1. The average molecular weight is 430 g/mol. The third kappa shape index (κ3) is 5.15. The smallest absolute Gasteiger partial charge is 0.327 e. The first-order chi connectivity index (χ1) is 12.5. The predicted molar refractivity (Wildman–Crippen MR) is 108 cm³/mol. The Morgan fingerprint density at radius 2 is 1.74 bits per heavy atom. The lowest BCUT2D eigenvalue weighted by atomic mass is 10.1. The molecule has 0 aliphatic rings. The van der Waals surface area contributed by atoms with E-state index in [0.29, 0.717) is 5.69 Å². The first-order valence-electron chi connectivity index (χ1n) is 8.27. The van der Waals surface area contributed by atoms with Crippen molar-refractivity contribution in [2.24, 2.45) is 0 Å². The van der Waals surface area contributed by atoms with Crippen LogP contribution in [0.2, 0.25) is 10.0 Å². The highest BCUT2D eigenvalue weighted by Crippen LogP contribution is 2.31. The highest BCUT2D eigenvalue weighted by molar-refractivity contribution is 7.92. The third-order valence-electron chi connectivity index (χ3n) is 3.74. The van der Waals surface area contributed by atoms with E-state index in [2.05, 4.69) is 0 Å². The highest BCUT2D eigenvalue weighted by Gasteiger charge is 2.29. The number of carbonyl (C=O) groups is 1. The fraction of sp³-hybridized carbons (Fsp3) is 0.316. The second kappa shape index (κ2) is 8.50. The maximum atomic E-state index is 13.3. The van der Waals surface area contributed by atoms with Crippen LogP contribution in [-0.2, 0) is 19.6 Å². The van der Waals surface area contributed by atoms with Gasteiger partial charge in [-0.2, -0.15) is 0 Å². The van der Waals surface area contributed by atoms with Gasteiger partial charge in [0.2, 0.25) is 0 Å². The van der Waals surface area contributed by atoms with Crippen LogP contribution in [-0.4, -0.2) is 27.0 Å². The lowest BCUT2D eigenvalue weighted by Gasteiger charge is -2.26. The zero-order valence-electron chi connectivity index (χ0n) is 15.5. The van der Waals surface area contributed by atoms with Crippen molar-refractivity contribution in [3.05, 3.63) is 57.6 Å². The molecule has 0 radical (unpaired) electrons. The topological polar surface area (TPSA) is 63.7 Å². The van der Waals surface area contributed by atoms with Crippen LogP contribution >= 0.6 is 23.2 Å². The van der Waals surface area contributed by atoms with Crippen molar-refractivity contribution in [2.45, 2.75) is 38.7 Å². The molecule has 2 rings (SSSR count). The summed E-state index contributed by atoms with van der Waals surface area (Å²) in [6, 6.07) is 9.33. The Balaban J connectivity index is 2.56. The molecule has 0 saturated heterocycles. The number of esters is 1. The fourth-order valence-corrected chi connectivity index (χ4v) is 4.43. The molecule has 0 saturated carbocycles. The second-order valence-corrected chi connectivity index (χ2v) is 9.09. The summed E-state index contributed by atoms with van der Waals surface area (Å²) < 4.78 is 32.7. The molecule has 0 atom stereocenters. The number of hydrogen-bond donors (Lipinski definition) is 0. The average Bonchev–Trinajstić information content (AvgIpc) is 2.55. The van der Waals surface area contributed by atoms with Crippen LogP contribution in [0.25, 0.3) is 0 Å². The highest BCUT2D eigenvalue weighted by atomic mass is 35.5. The zero-order chi connectivity index (χ0) is 20.4. The van der Waals surface area contributed by atoms with Crippen LogP contribution in [0.3, 0.4) is 0 Å². The maximum Gasteiger partial charge on any atom is 0.327 e. The number of aryl methyl sites for hydroxylation is 2. The fourth-order valence-electron chi connectivity index (χ4n) is 2.57. The minimum absolute atomic E-state index is 0.0609. The van der Waals surface area contributed by atoms with Crippen molar-refractivity contribution in [3.8, 4) is 0 Å². The first kappa shape index (κ1) is 21.5. The van der Waals surface area contributed by atoms with Crippen LogP contribution in [0.15, 0.2) is 41.3 Å². The van der Waals surface area contributed by atoms with E-state index in [9.17, 15) is 13.2 Å². The van der Waals surface area contributed by atoms with Gasteiger partial charge in [0.1, 0.15) is 6.54 Å². The maximum absolute atomic E-state index is 13.3. The van der Waals surface area contributed by atoms with E-state index in [-0.39, 0.29) is 21.0 Å². The lowest BCUT2D eigenvalue weighted by Crippen LogP contribution is -2.37. The van der Waals surface area contributed by atoms with Gasteiger partial charge in [0, 0.05) is 0 Å². The van der Waals surface area contributed by atoms with Gasteiger partial charge >= 0.3 is 5.97 Å². The lowest BCUT2D eigenvalue weighted by molar-refractivity contribution is -0.145. The van der Waals surface area contributed by atoms with Gasteiger partial charge in [0.15, 0.2) is 0 Å². The van der Waals surface area contributed by atoms with Crippen molar-refractivity contribution in [3.63, 3.8) is 0 Å². The van der Waals surface area contributed by atoms with Gasteiger partial charge in [-0.15, -0.1) is 0 Å². The van der Waals surface area contributed by atoms with E-state index < -0.39 is 22.5 Å². The van der Waals surface area contributed by atoms with Gasteiger partial charge in [-0.3, -0.25) is 9.10 Å². The number of carbonyl (C=O) groups excluding carboxylic acids is 1. The van der Waals surface area contributed by atoms with Gasteiger partial charge in [-0.25, -0.2) is 8.42 Å². The summed E-state index contributed by atoms with van der Waals surface area (Å²) >= 11 is 11.9. The molecule has 0 N–H and O–H groups in total. The molecule has 0 aliphatic carbocycles.